The van der Waals surface area contributed by atoms with Gasteiger partial charge in [0, 0.05) is 37.4 Å². The molecular weight excluding hydrogens is 434 g/mol. The van der Waals surface area contributed by atoms with Gasteiger partial charge >= 0.3 is 0 Å². The summed E-state index contributed by atoms with van der Waals surface area (Å²) in [6.45, 7) is 8.79. The van der Waals surface area contributed by atoms with Gasteiger partial charge < -0.3 is 0 Å². The molecule has 1 aliphatic carbocycles. The van der Waals surface area contributed by atoms with Crippen LogP contribution in [0.4, 0.5) is 0 Å². The number of fused-ring (bicyclic) bond motifs is 2. The van der Waals surface area contributed by atoms with Gasteiger partial charge in [0.15, 0.2) is 0 Å². The van der Waals surface area contributed by atoms with Gasteiger partial charge in [-0.05, 0) is 22.4 Å². The Morgan fingerprint density at radius 3 is 2.48 bits per heavy atom. The Morgan fingerprint density at radius 1 is 0.952 bits per heavy atom. The van der Waals surface area contributed by atoms with E-state index in [-0.39, 0.29) is 25.5 Å². The summed E-state index contributed by atoms with van der Waals surface area (Å²) >= 11 is 0. The molecular formula is C19H16IrN-. The zero-order valence-corrected chi connectivity index (χ0v) is 14.5. The van der Waals surface area contributed by atoms with Crippen molar-refractivity contribution in [1.29, 1.82) is 0 Å². The predicted octanol–water partition coefficient (Wildman–Crippen LogP) is 4.72. The van der Waals surface area contributed by atoms with Crippen molar-refractivity contribution in [3.63, 3.8) is 0 Å². The van der Waals surface area contributed by atoms with Crippen LogP contribution in [0.25, 0.3) is 22.0 Å². The molecule has 0 aliphatic heterocycles. The fourth-order valence-electron chi connectivity index (χ4n) is 3.49. The second kappa shape index (κ2) is 4.69. The minimum absolute atomic E-state index is 0. The van der Waals surface area contributed by atoms with Gasteiger partial charge in [0.25, 0.3) is 0 Å². The Kier molecular flexibility index (Phi) is 3.20. The van der Waals surface area contributed by atoms with E-state index in [0.29, 0.717) is 0 Å². The summed E-state index contributed by atoms with van der Waals surface area (Å²) < 4.78 is 0. The number of pyridine rings is 1. The van der Waals surface area contributed by atoms with Crippen molar-refractivity contribution in [2.75, 3.05) is 0 Å². The first kappa shape index (κ1) is 14.3. The van der Waals surface area contributed by atoms with Gasteiger partial charge in [-0.25, -0.2) is 0 Å². The average molecular weight is 451 g/mol. The van der Waals surface area contributed by atoms with Crippen LogP contribution in [0.1, 0.15) is 30.5 Å². The van der Waals surface area contributed by atoms with Gasteiger partial charge in [-0.15, -0.1) is 6.07 Å². The number of rotatable bonds is 0. The van der Waals surface area contributed by atoms with Crippen LogP contribution in [0.15, 0.2) is 48.7 Å². The van der Waals surface area contributed by atoms with E-state index in [1.165, 1.54) is 27.5 Å². The van der Waals surface area contributed by atoms with Crippen LogP contribution in [0, 0.1) is 6.92 Å². The molecule has 0 saturated heterocycles. The molecule has 0 atom stereocenters. The van der Waals surface area contributed by atoms with Gasteiger partial charge in [-0.3, -0.25) is 4.98 Å². The van der Waals surface area contributed by atoms with E-state index in [1.807, 2.05) is 6.20 Å². The zero-order valence-electron chi connectivity index (χ0n) is 12.1. The number of aromatic nitrogens is 1. The summed E-state index contributed by atoms with van der Waals surface area (Å²) in [5.74, 6) is 0. The molecule has 1 heterocycles. The van der Waals surface area contributed by atoms with Crippen LogP contribution < -0.4 is 0 Å². The average Bonchev–Trinajstić information content (AvgIpc) is 2.45. The summed E-state index contributed by atoms with van der Waals surface area (Å²) in [6.07, 6.45) is 1.90. The maximum absolute atomic E-state index is 4.67. The fraction of sp³-hybridized carbons (Fsp3) is 0.158. The molecule has 0 N–H and O–H groups in total. The molecule has 0 bridgehead atoms. The third-order valence-corrected chi connectivity index (χ3v) is 4.53. The van der Waals surface area contributed by atoms with Gasteiger partial charge in [-0.1, -0.05) is 49.2 Å². The topological polar surface area (TPSA) is 12.9 Å². The second-order valence-electron chi connectivity index (χ2n) is 6.03. The van der Waals surface area contributed by atoms with E-state index < -0.39 is 0 Å². The van der Waals surface area contributed by atoms with Crippen LogP contribution in [0.2, 0.25) is 0 Å². The van der Waals surface area contributed by atoms with Crippen LogP contribution in [-0.4, -0.2) is 4.98 Å². The summed E-state index contributed by atoms with van der Waals surface area (Å²) in [6, 6.07) is 15.0. The standard InChI is InChI=1S/C19H16N.Ir/c1-12-6-4-8-14-16(12)18-17-13(10-11-20-18)7-5-9-15(17)19(14,2)3;/h4-11H,1H2,2-3H3;/q-1;. The SMILES string of the molecule is [CH2-]c1cccc2c1-c1nccc3cccc(c13)C2(C)C.[Ir]. The smallest absolute Gasteiger partial charge is 0.0268 e. The minimum Gasteiger partial charge on any atom is -0.269 e. The molecule has 1 aromatic heterocycles. The van der Waals surface area contributed by atoms with Crippen LogP contribution in [0.5, 0.6) is 0 Å². The Labute approximate surface area is 138 Å². The maximum atomic E-state index is 4.67. The second-order valence-corrected chi connectivity index (χ2v) is 6.03. The third-order valence-electron chi connectivity index (χ3n) is 4.53. The van der Waals surface area contributed by atoms with Gasteiger partial charge in [-0.2, -0.15) is 18.6 Å². The Bertz CT molecular complexity index is 844. The van der Waals surface area contributed by atoms with Gasteiger partial charge in [0.05, 0.1) is 0 Å². The van der Waals surface area contributed by atoms with Crippen molar-refractivity contribution in [3.8, 4) is 11.3 Å². The quantitative estimate of drug-likeness (QED) is 0.452. The molecule has 3 aromatic rings. The normalized spacial score (nSPS) is 14.4. The Balaban J connectivity index is 0.00000132. The van der Waals surface area contributed by atoms with E-state index in [2.05, 4.69) is 68.2 Å². The molecule has 0 saturated carbocycles. The van der Waals surface area contributed by atoms with Gasteiger partial charge in [0.2, 0.25) is 0 Å². The van der Waals surface area contributed by atoms with Crippen molar-refractivity contribution in [1.82, 2.24) is 4.98 Å². The molecule has 4 rings (SSSR count). The van der Waals surface area contributed by atoms with Crippen molar-refractivity contribution in [3.05, 3.63) is 72.3 Å². The minimum atomic E-state index is -0.0153. The molecule has 2 heteroatoms. The number of nitrogens with zero attached hydrogens (tertiary/aromatic N) is 1. The Morgan fingerprint density at radius 2 is 1.67 bits per heavy atom. The number of benzene rings is 2. The van der Waals surface area contributed by atoms with Crippen molar-refractivity contribution < 1.29 is 20.1 Å². The molecule has 0 unspecified atom stereocenters. The molecule has 1 radical (unpaired) electrons. The van der Waals surface area contributed by atoms with Crippen molar-refractivity contribution in [2.45, 2.75) is 19.3 Å². The van der Waals surface area contributed by atoms with E-state index in [9.17, 15) is 0 Å². The number of hydrogen-bond donors (Lipinski definition) is 0. The molecule has 21 heavy (non-hydrogen) atoms. The first-order valence-corrected chi connectivity index (χ1v) is 6.95. The Hall–Kier alpha value is -1.63. The molecule has 0 spiro atoms. The van der Waals surface area contributed by atoms with Crippen molar-refractivity contribution in [2.24, 2.45) is 0 Å². The predicted molar refractivity (Wildman–Crippen MR) is 83.8 cm³/mol. The third kappa shape index (κ3) is 1.79. The van der Waals surface area contributed by atoms with E-state index in [0.717, 1.165) is 11.3 Å². The molecule has 1 aliphatic rings. The molecule has 0 amide bonds. The van der Waals surface area contributed by atoms with E-state index >= 15 is 0 Å². The maximum Gasteiger partial charge on any atom is 0.0268 e. The first-order chi connectivity index (χ1) is 9.60. The molecule has 1 nitrogen and oxygen atoms in total. The molecule has 0 fully saturated rings. The molecule has 2 aromatic carbocycles. The zero-order chi connectivity index (χ0) is 13.9. The number of hydrogen-bond acceptors (Lipinski definition) is 1. The monoisotopic (exact) mass is 451 g/mol. The summed E-state index contributed by atoms with van der Waals surface area (Å²) in [7, 11) is 0. The van der Waals surface area contributed by atoms with Crippen LogP contribution in [0.3, 0.4) is 0 Å². The summed E-state index contributed by atoms with van der Waals surface area (Å²) in [4.78, 5) is 4.67. The van der Waals surface area contributed by atoms with Crippen LogP contribution >= 0.6 is 0 Å². The summed E-state index contributed by atoms with van der Waals surface area (Å²) in [5, 5.41) is 2.54. The molecule has 107 valence electrons. The largest absolute Gasteiger partial charge is 0.269 e. The van der Waals surface area contributed by atoms with Crippen molar-refractivity contribution >= 4 is 10.8 Å². The first-order valence-electron chi connectivity index (χ1n) is 6.95. The van der Waals surface area contributed by atoms with Crippen LogP contribution in [-0.2, 0) is 25.5 Å². The van der Waals surface area contributed by atoms with E-state index in [1.54, 1.807) is 0 Å². The van der Waals surface area contributed by atoms with Gasteiger partial charge in [0.1, 0.15) is 0 Å². The fourth-order valence-corrected chi connectivity index (χ4v) is 3.49. The van der Waals surface area contributed by atoms with E-state index in [4.69, 9.17) is 0 Å². The summed E-state index contributed by atoms with van der Waals surface area (Å²) in [5.41, 5.74) is 6.02.